The number of hydrogen-bond acceptors (Lipinski definition) is 5. The minimum atomic E-state index is -3.77. The molecule has 0 N–H and O–H groups in total. The first kappa shape index (κ1) is 17.9. The lowest BCUT2D eigenvalue weighted by molar-refractivity contribution is 0.308. The third-order valence-electron chi connectivity index (χ3n) is 4.19. The number of aromatic nitrogens is 1. The first-order chi connectivity index (χ1) is 13.0. The van der Waals surface area contributed by atoms with Crippen LogP contribution in [0.4, 0.5) is 0 Å². The van der Waals surface area contributed by atoms with Gasteiger partial charge in [0.1, 0.15) is 5.01 Å². The van der Waals surface area contributed by atoms with Crippen LogP contribution in [0.25, 0.3) is 20.8 Å². The molecule has 0 bridgehead atoms. The van der Waals surface area contributed by atoms with E-state index < -0.39 is 10.1 Å². The highest BCUT2D eigenvalue weighted by atomic mass is 32.2. The molecule has 0 amide bonds. The fourth-order valence-electron chi connectivity index (χ4n) is 2.66. The number of rotatable bonds is 5. The first-order valence-corrected chi connectivity index (χ1v) is 10.6. The van der Waals surface area contributed by atoms with Crippen molar-refractivity contribution in [1.29, 1.82) is 0 Å². The average molecular weight is 396 g/mol. The summed E-state index contributed by atoms with van der Waals surface area (Å²) in [4.78, 5) is 4.80. The molecule has 1 heterocycles. The van der Waals surface area contributed by atoms with Crippen molar-refractivity contribution in [3.63, 3.8) is 0 Å². The van der Waals surface area contributed by atoms with Crippen LogP contribution in [0.1, 0.15) is 11.1 Å². The molecule has 136 valence electrons. The van der Waals surface area contributed by atoms with Crippen molar-refractivity contribution in [3.05, 3.63) is 83.9 Å². The number of hydrogen-bond donors (Lipinski definition) is 0. The number of nitrogens with zero attached hydrogens (tertiary/aromatic N) is 1. The molecule has 0 unspecified atom stereocenters. The maximum Gasteiger partial charge on any atom is 0.297 e. The quantitative estimate of drug-likeness (QED) is 0.437. The number of fused-ring (bicyclic) bond motifs is 1. The van der Waals surface area contributed by atoms with Crippen molar-refractivity contribution in [2.75, 3.05) is 0 Å². The Balaban J connectivity index is 1.48. The molecule has 3 aromatic carbocycles. The molecule has 1 aromatic heterocycles. The minimum absolute atomic E-state index is 0.00364. The van der Waals surface area contributed by atoms with E-state index in [0.717, 1.165) is 31.9 Å². The molecule has 0 saturated heterocycles. The molecule has 0 atom stereocenters. The molecule has 0 aliphatic rings. The van der Waals surface area contributed by atoms with Crippen LogP contribution in [0.15, 0.2) is 77.7 Å². The Morgan fingerprint density at radius 3 is 2.33 bits per heavy atom. The lowest BCUT2D eigenvalue weighted by Gasteiger charge is -2.06. The van der Waals surface area contributed by atoms with Gasteiger partial charge in [-0.25, -0.2) is 4.98 Å². The lowest BCUT2D eigenvalue weighted by atomic mass is 10.1. The summed E-state index contributed by atoms with van der Waals surface area (Å²) in [6.45, 7) is 1.90. The highest BCUT2D eigenvalue weighted by Crippen LogP contribution is 2.30. The maximum atomic E-state index is 12.3. The van der Waals surface area contributed by atoms with Gasteiger partial charge in [0, 0.05) is 5.56 Å². The zero-order chi connectivity index (χ0) is 18.9. The molecular weight excluding hydrogens is 378 g/mol. The second-order valence-electron chi connectivity index (χ2n) is 6.21. The van der Waals surface area contributed by atoms with Crippen molar-refractivity contribution < 1.29 is 12.6 Å². The second-order valence-corrected chi connectivity index (χ2v) is 8.86. The summed E-state index contributed by atoms with van der Waals surface area (Å²) in [6.07, 6.45) is 0. The Labute approximate surface area is 162 Å². The van der Waals surface area contributed by atoms with Gasteiger partial charge in [-0.2, -0.15) is 8.42 Å². The Bertz CT molecular complexity index is 1150. The van der Waals surface area contributed by atoms with Crippen molar-refractivity contribution in [2.24, 2.45) is 0 Å². The molecule has 4 aromatic rings. The summed E-state index contributed by atoms with van der Waals surface area (Å²) >= 11 is 1.63. The normalized spacial score (nSPS) is 11.7. The standard InChI is InChI=1S/C21H17NO3S2/c1-15-6-12-18(13-7-15)27(23,24)25-14-16-8-10-17(11-9-16)21-22-19-4-2-3-5-20(19)26-21/h2-13H,14H2,1H3. The Morgan fingerprint density at radius 1 is 0.926 bits per heavy atom. The number of thiazole rings is 1. The van der Waals surface area contributed by atoms with Gasteiger partial charge < -0.3 is 0 Å². The molecule has 4 nitrogen and oxygen atoms in total. The Kier molecular flexibility index (Phi) is 4.78. The summed E-state index contributed by atoms with van der Waals surface area (Å²) < 4.78 is 30.9. The summed E-state index contributed by atoms with van der Waals surface area (Å²) in [5.74, 6) is 0. The van der Waals surface area contributed by atoms with Crippen LogP contribution in [-0.2, 0) is 20.9 Å². The Morgan fingerprint density at radius 2 is 1.63 bits per heavy atom. The van der Waals surface area contributed by atoms with E-state index in [0.29, 0.717) is 0 Å². The van der Waals surface area contributed by atoms with Gasteiger partial charge in [-0.05, 0) is 36.8 Å². The second kappa shape index (κ2) is 7.23. The molecule has 0 saturated carbocycles. The van der Waals surface area contributed by atoms with Gasteiger partial charge in [-0.1, -0.05) is 54.1 Å². The third kappa shape index (κ3) is 3.93. The van der Waals surface area contributed by atoms with Crippen LogP contribution in [0.5, 0.6) is 0 Å². The van der Waals surface area contributed by atoms with Crippen molar-refractivity contribution >= 4 is 31.7 Å². The monoisotopic (exact) mass is 395 g/mol. The topological polar surface area (TPSA) is 56.3 Å². The van der Waals surface area contributed by atoms with Crippen LogP contribution in [0, 0.1) is 6.92 Å². The molecule has 4 rings (SSSR count). The van der Waals surface area contributed by atoms with Gasteiger partial charge in [0.15, 0.2) is 0 Å². The summed E-state index contributed by atoms with van der Waals surface area (Å²) in [6, 6.07) is 22.2. The van der Waals surface area contributed by atoms with Crippen molar-refractivity contribution in [1.82, 2.24) is 4.98 Å². The average Bonchev–Trinajstić information content (AvgIpc) is 3.11. The van der Waals surface area contributed by atoms with Gasteiger partial charge in [0.2, 0.25) is 0 Å². The van der Waals surface area contributed by atoms with Crippen molar-refractivity contribution in [2.45, 2.75) is 18.4 Å². The van der Waals surface area contributed by atoms with E-state index in [4.69, 9.17) is 4.18 Å². The van der Waals surface area contributed by atoms with Crippen LogP contribution in [-0.4, -0.2) is 13.4 Å². The van der Waals surface area contributed by atoms with Gasteiger partial charge in [-0.3, -0.25) is 4.18 Å². The fraction of sp³-hybridized carbons (Fsp3) is 0.0952. The summed E-state index contributed by atoms with van der Waals surface area (Å²) in [5, 5.41) is 0.941. The SMILES string of the molecule is Cc1ccc(S(=O)(=O)OCc2ccc(-c3nc4ccccc4s3)cc2)cc1. The number of para-hydroxylation sites is 1. The smallest absolute Gasteiger partial charge is 0.262 e. The summed E-state index contributed by atoms with van der Waals surface area (Å²) in [7, 11) is -3.77. The van der Waals surface area contributed by atoms with E-state index in [1.807, 2.05) is 49.4 Å². The zero-order valence-corrected chi connectivity index (χ0v) is 16.3. The Hall–Kier alpha value is -2.54. The predicted molar refractivity (Wildman–Crippen MR) is 108 cm³/mol. The molecule has 0 aliphatic carbocycles. The van der Waals surface area contributed by atoms with Crippen LogP contribution in [0.3, 0.4) is 0 Å². The van der Waals surface area contributed by atoms with Gasteiger partial charge in [0.05, 0.1) is 21.7 Å². The predicted octanol–water partition coefficient (Wildman–Crippen LogP) is 5.18. The summed E-state index contributed by atoms with van der Waals surface area (Å²) in [5.41, 5.74) is 3.77. The van der Waals surface area contributed by atoms with Gasteiger partial charge in [-0.15, -0.1) is 11.3 Å². The molecular formula is C21H17NO3S2. The molecule has 27 heavy (non-hydrogen) atoms. The lowest BCUT2D eigenvalue weighted by Crippen LogP contribution is -2.06. The van der Waals surface area contributed by atoms with E-state index in [1.54, 1.807) is 35.6 Å². The van der Waals surface area contributed by atoms with Crippen LogP contribution >= 0.6 is 11.3 Å². The highest BCUT2D eigenvalue weighted by Gasteiger charge is 2.15. The minimum Gasteiger partial charge on any atom is -0.262 e. The van der Waals surface area contributed by atoms with Crippen LogP contribution in [0.2, 0.25) is 0 Å². The van der Waals surface area contributed by atoms with Gasteiger partial charge in [0.25, 0.3) is 10.1 Å². The van der Waals surface area contributed by atoms with E-state index in [1.165, 1.54) is 0 Å². The molecule has 0 aliphatic heterocycles. The van der Waals surface area contributed by atoms with Crippen LogP contribution < -0.4 is 0 Å². The van der Waals surface area contributed by atoms with Crippen molar-refractivity contribution in [3.8, 4) is 10.6 Å². The van der Waals surface area contributed by atoms with E-state index in [2.05, 4.69) is 11.1 Å². The molecule has 6 heteroatoms. The zero-order valence-electron chi connectivity index (χ0n) is 14.6. The van der Waals surface area contributed by atoms with E-state index >= 15 is 0 Å². The first-order valence-electron chi connectivity index (χ1n) is 8.42. The maximum absolute atomic E-state index is 12.3. The molecule has 0 radical (unpaired) electrons. The molecule has 0 spiro atoms. The van der Waals surface area contributed by atoms with E-state index in [-0.39, 0.29) is 11.5 Å². The third-order valence-corrected chi connectivity index (χ3v) is 6.55. The number of benzene rings is 3. The fourth-order valence-corrected chi connectivity index (χ4v) is 4.53. The number of aryl methyl sites for hydroxylation is 1. The molecule has 0 fully saturated rings. The van der Waals surface area contributed by atoms with Gasteiger partial charge >= 0.3 is 0 Å². The largest absolute Gasteiger partial charge is 0.297 e. The van der Waals surface area contributed by atoms with E-state index in [9.17, 15) is 8.42 Å². The highest BCUT2D eigenvalue weighted by molar-refractivity contribution is 7.86.